The van der Waals surface area contributed by atoms with E-state index < -0.39 is 35.2 Å². The van der Waals surface area contributed by atoms with Crippen LogP contribution >= 0.6 is 165 Å². The lowest BCUT2D eigenvalue weighted by Gasteiger charge is -2.52. The van der Waals surface area contributed by atoms with E-state index in [0.717, 1.165) is 77.0 Å². The van der Waals surface area contributed by atoms with Gasteiger partial charge in [-0.2, -0.15) is 0 Å². The van der Waals surface area contributed by atoms with E-state index in [1.54, 1.807) is 0 Å². The second-order valence-electron chi connectivity index (χ2n) is 30.2. The summed E-state index contributed by atoms with van der Waals surface area (Å²) in [6.07, 6.45) is 34.4. The Bertz CT molecular complexity index is 2500. The van der Waals surface area contributed by atoms with Crippen LogP contribution in [-0.4, -0.2) is 136 Å². The van der Waals surface area contributed by atoms with Gasteiger partial charge in [0.2, 0.25) is 0 Å². The maximum Gasteiger partial charge on any atom is 0.519 e. The van der Waals surface area contributed by atoms with Crippen LogP contribution in [0.15, 0.2) is 9.81 Å². The van der Waals surface area contributed by atoms with Gasteiger partial charge in [-0.1, -0.05) is 131 Å². The minimum atomic E-state index is -3.28. The molecule has 0 aromatic rings. The minimum Gasteiger partial charge on any atom is -0.373 e. The van der Waals surface area contributed by atoms with Gasteiger partial charge in [-0.15, -0.1) is 0 Å². The van der Waals surface area contributed by atoms with Crippen molar-refractivity contribution in [3.63, 3.8) is 0 Å². The van der Waals surface area contributed by atoms with Crippen molar-refractivity contribution in [3.05, 3.63) is 9.81 Å². The van der Waals surface area contributed by atoms with Gasteiger partial charge in [0.15, 0.2) is 0 Å². The molecule has 9 rings (SSSR count). The Labute approximate surface area is 698 Å². The van der Waals surface area contributed by atoms with E-state index in [1.165, 1.54) is 119 Å². The zero-order chi connectivity index (χ0) is 74.8. The topological polar surface area (TPSA) is 111 Å². The van der Waals surface area contributed by atoms with Crippen LogP contribution in [0.4, 0.5) is 0 Å². The van der Waals surface area contributed by atoms with E-state index in [2.05, 4.69) is 197 Å². The fraction of sp³-hybridized carbons (Fsp3) is 0.972. The molecule has 0 aliphatic heterocycles. The first kappa shape index (κ1) is 93.6. The van der Waals surface area contributed by atoms with E-state index in [1.807, 2.05) is 78.6 Å². The standard InChI is InChI=1S/C72H134O12S16Si4/c1-17-64-46-41-58(50-64)54-69(64,101(73-21-5,74-22-6)75-23-7)89-97-93-85-62-40-38-36-34-33-35-37-39-45-68(87-95-99-91-71(56-60-43-48-66(71,19-3)52-60)103(79-27-11,80-28-12)81-29-13,88-96-100-92-72(57-61-44-49-67(72,20-4)53-61)104(82-30-14,83-31-15)84-32-16)63(62)86-94-98-90-70(55-59-42-47-65(70,18-2)51-59)102(76-24-8,77-25-9)78-26-10/h58-61H,17-57H2,1-16H3. The monoisotopic (exact) mass is 1810 g/mol. The largest absolute Gasteiger partial charge is 0.519 e. The van der Waals surface area contributed by atoms with Crippen molar-refractivity contribution in [1.29, 1.82) is 0 Å². The molecule has 0 heterocycles. The lowest BCUT2D eigenvalue weighted by molar-refractivity contribution is 0.0347. The average molecular weight is 1820 g/mol. The van der Waals surface area contributed by atoms with E-state index >= 15 is 0 Å². The van der Waals surface area contributed by atoms with Crippen molar-refractivity contribution in [2.45, 2.75) is 319 Å². The molecule has 8 saturated carbocycles. The molecule has 12 unspecified atom stereocenters. The quantitative estimate of drug-likeness (QED) is 0.0249. The molecule has 0 aromatic carbocycles. The van der Waals surface area contributed by atoms with Gasteiger partial charge in [0, 0.05) is 89.1 Å². The van der Waals surface area contributed by atoms with Crippen molar-refractivity contribution >= 4 is 200 Å². The summed E-state index contributed by atoms with van der Waals surface area (Å²) in [5, 5.41) is 0. The molecule has 9 aliphatic rings. The third-order valence-corrected chi connectivity index (χ3v) is 76.6. The Balaban J connectivity index is 1.18. The number of allylic oxidation sites excluding steroid dienone is 1. The predicted octanol–water partition coefficient (Wildman–Crippen LogP) is 27.8. The minimum absolute atomic E-state index is 0.0796. The fourth-order valence-electron chi connectivity index (χ4n) is 21.6. The van der Waals surface area contributed by atoms with Crippen molar-refractivity contribution in [2.24, 2.45) is 45.3 Å². The van der Waals surface area contributed by atoms with Crippen LogP contribution in [-0.2, 0) is 53.1 Å². The molecule has 8 fully saturated rings. The molecular weight excluding hydrogens is 1680 g/mol. The molecule has 0 radical (unpaired) electrons. The number of rotatable bonds is 52. The van der Waals surface area contributed by atoms with Crippen LogP contribution in [0.2, 0.25) is 0 Å². The number of hydrogen-bond donors (Lipinski definition) is 0. The van der Waals surface area contributed by atoms with Gasteiger partial charge in [0.05, 0.1) is 0 Å². The van der Waals surface area contributed by atoms with Crippen LogP contribution in [0.5, 0.6) is 0 Å². The van der Waals surface area contributed by atoms with E-state index in [0.29, 0.717) is 103 Å². The molecular formula is C72H134O12S16Si4. The normalized spacial score (nSPS) is 34.6. The predicted molar refractivity (Wildman–Crippen MR) is 485 cm³/mol. The summed E-state index contributed by atoms with van der Waals surface area (Å²) in [6.45, 7) is 42.7. The highest BCUT2D eigenvalue weighted by molar-refractivity contribution is 9.30. The summed E-state index contributed by atoms with van der Waals surface area (Å²) in [5.41, 5.74) is 0.336. The van der Waals surface area contributed by atoms with Gasteiger partial charge in [0.1, 0.15) is 21.6 Å². The van der Waals surface area contributed by atoms with Crippen molar-refractivity contribution in [3.8, 4) is 0 Å². The average Bonchev–Trinajstić information content (AvgIpc) is 1.56. The molecule has 32 heteroatoms. The van der Waals surface area contributed by atoms with E-state index in [9.17, 15) is 0 Å². The summed E-state index contributed by atoms with van der Waals surface area (Å²) in [4.78, 5) is 3.07. The highest BCUT2D eigenvalue weighted by Crippen LogP contribution is 2.80. The number of hydrogen-bond acceptors (Lipinski definition) is 28. The Morgan fingerprint density at radius 3 is 0.769 bits per heavy atom. The molecule has 0 amide bonds. The molecule has 104 heavy (non-hydrogen) atoms. The van der Waals surface area contributed by atoms with Crippen LogP contribution in [0.1, 0.15) is 297 Å². The van der Waals surface area contributed by atoms with Crippen molar-refractivity contribution in [1.82, 2.24) is 0 Å². The maximum absolute atomic E-state index is 7.17. The third kappa shape index (κ3) is 18.3. The zero-order valence-corrected chi connectivity index (χ0v) is 83.3. The molecule has 9 aliphatic carbocycles. The SMILES string of the molecule is CCO[Si](OCC)(OCC)C1(SSSSC2=C(SSSSC3([Si](OCC)(OCC)OCC)CC4CCC3(CC)C4)C(SSSSC3([Si](OCC)(OCC)OCC)CC4CCC3(CC)C4)(SSSSC3([Si](OCC)(OCC)OCC)CC4CCC3(CC)C4)CCCCCCCCC2)CC2CCC1(CC)C2. The summed E-state index contributed by atoms with van der Waals surface area (Å²) >= 11 is 0. The molecule has 12 nitrogen and oxygen atoms in total. The summed E-state index contributed by atoms with van der Waals surface area (Å²) < 4.78 is 84.4. The first-order valence-corrected chi connectivity index (χ1v) is 66.8. The summed E-state index contributed by atoms with van der Waals surface area (Å²) in [7, 11) is 20.0. The Hall–Kier alpha value is 5.73. The van der Waals surface area contributed by atoms with Gasteiger partial charge in [0.25, 0.3) is 0 Å². The molecule has 606 valence electrons. The number of fused-ring (bicyclic) bond motifs is 8. The van der Waals surface area contributed by atoms with Crippen molar-refractivity contribution in [2.75, 3.05) is 79.3 Å². The third-order valence-electron chi connectivity index (χ3n) is 25.7. The van der Waals surface area contributed by atoms with Gasteiger partial charge in [-0.25, -0.2) is 0 Å². The Kier molecular flexibility index (Phi) is 39.0. The second-order valence-corrected chi connectivity index (χ2v) is 67.8. The van der Waals surface area contributed by atoms with Gasteiger partial charge < -0.3 is 53.1 Å². The highest BCUT2D eigenvalue weighted by Gasteiger charge is 2.80. The Morgan fingerprint density at radius 2 is 0.510 bits per heavy atom. The van der Waals surface area contributed by atoms with Crippen LogP contribution in [0.3, 0.4) is 0 Å². The summed E-state index contributed by atoms with van der Waals surface area (Å²) in [5.74, 6) is 2.61. The smallest absolute Gasteiger partial charge is 0.373 e. The maximum atomic E-state index is 7.17. The fourth-order valence-corrected chi connectivity index (χ4v) is 81.7. The molecule has 12 atom stereocenters. The molecule has 0 aromatic heterocycles. The van der Waals surface area contributed by atoms with E-state index in [4.69, 9.17) is 53.1 Å². The van der Waals surface area contributed by atoms with Gasteiger partial charge >= 0.3 is 35.2 Å². The van der Waals surface area contributed by atoms with Gasteiger partial charge in [-0.05, 0) is 376 Å². The molecule has 0 spiro atoms. The molecule has 8 bridgehead atoms. The van der Waals surface area contributed by atoms with Crippen LogP contribution in [0.25, 0.3) is 0 Å². The van der Waals surface area contributed by atoms with E-state index in [-0.39, 0.29) is 43.2 Å². The first-order chi connectivity index (χ1) is 50.4. The molecule has 0 N–H and O–H groups in total. The van der Waals surface area contributed by atoms with Crippen molar-refractivity contribution < 1.29 is 53.1 Å². The van der Waals surface area contributed by atoms with Crippen LogP contribution in [0, 0.1) is 45.3 Å². The molecule has 0 saturated heterocycles. The van der Waals surface area contributed by atoms with Crippen LogP contribution < -0.4 is 0 Å². The Morgan fingerprint density at radius 1 is 0.269 bits per heavy atom. The lowest BCUT2D eigenvalue weighted by atomic mass is 9.80. The summed E-state index contributed by atoms with van der Waals surface area (Å²) in [6, 6.07) is 0. The lowest BCUT2D eigenvalue weighted by Crippen LogP contribution is -2.68. The second kappa shape index (κ2) is 43.3. The highest BCUT2D eigenvalue weighted by atomic mass is 33.7. The van der Waals surface area contributed by atoms with Gasteiger partial charge in [-0.3, -0.25) is 0 Å². The first-order valence-electron chi connectivity index (χ1n) is 40.6. The zero-order valence-electron chi connectivity index (χ0n) is 66.2.